The molecule has 0 bridgehead atoms. The number of fused-ring (bicyclic) bond motifs is 1. The number of hydrogen-bond acceptors (Lipinski definition) is 3. The van der Waals surface area contributed by atoms with Crippen LogP contribution in [0, 0.1) is 6.92 Å². The third kappa shape index (κ3) is 2.45. The Balaban J connectivity index is 2.68. The molecule has 5 heteroatoms. The maximum atomic E-state index is 12.2. The van der Waals surface area contributed by atoms with Crippen LogP contribution in [0.2, 0.25) is 0 Å². The van der Waals surface area contributed by atoms with Crippen molar-refractivity contribution in [2.24, 2.45) is 0 Å². The summed E-state index contributed by atoms with van der Waals surface area (Å²) in [6.07, 6.45) is 0.0101. The second-order valence-corrected chi connectivity index (χ2v) is 4.63. The second kappa shape index (κ2) is 4.76. The fourth-order valence-corrected chi connectivity index (χ4v) is 1.92. The van der Waals surface area contributed by atoms with E-state index >= 15 is 0 Å². The Morgan fingerprint density at radius 2 is 2.05 bits per heavy atom. The molecule has 0 aliphatic carbocycles. The summed E-state index contributed by atoms with van der Waals surface area (Å²) < 4.78 is 5.53. The number of aromatic nitrogens is 1. The third-order valence-corrected chi connectivity index (χ3v) is 2.80. The highest BCUT2D eigenvalue weighted by atomic mass is 16.5. The van der Waals surface area contributed by atoms with Crippen molar-refractivity contribution in [1.29, 1.82) is 0 Å². The van der Waals surface area contributed by atoms with Crippen LogP contribution in [0.4, 0.5) is 0 Å². The first-order valence-electron chi connectivity index (χ1n) is 5.96. The molecule has 2 rings (SSSR count). The monoisotopic (exact) mass is 261 g/mol. The summed E-state index contributed by atoms with van der Waals surface area (Å²) in [6, 6.07) is 4.99. The molecular formula is C14H15NO4. The number of pyridine rings is 1. The lowest BCUT2D eigenvalue weighted by atomic mass is 10.1. The number of H-pyrrole nitrogens is 1. The van der Waals surface area contributed by atoms with E-state index in [0.29, 0.717) is 16.7 Å². The molecule has 0 atom stereocenters. The Kier molecular flexibility index (Phi) is 3.29. The van der Waals surface area contributed by atoms with Crippen LogP contribution in [-0.4, -0.2) is 22.2 Å². The van der Waals surface area contributed by atoms with Crippen molar-refractivity contribution in [3.8, 4) is 5.75 Å². The number of ether oxygens (including phenoxy) is 1. The Bertz CT molecular complexity index is 700. The topological polar surface area (TPSA) is 79.4 Å². The molecular weight excluding hydrogens is 246 g/mol. The van der Waals surface area contributed by atoms with Crippen molar-refractivity contribution in [2.45, 2.75) is 26.9 Å². The van der Waals surface area contributed by atoms with E-state index in [9.17, 15) is 9.59 Å². The maximum absolute atomic E-state index is 12.2. The van der Waals surface area contributed by atoms with Gasteiger partial charge in [-0.1, -0.05) is 0 Å². The SMILES string of the molecule is Cc1c(C(=O)O)[nH]c2ccc(OC(C)C)cc2c1=O. The lowest BCUT2D eigenvalue weighted by Gasteiger charge is -2.11. The number of hydrogen-bond donors (Lipinski definition) is 2. The average molecular weight is 261 g/mol. The predicted molar refractivity (Wildman–Crippen MR) is 72.0 cm³/mol. The minimum absolute atomic E-state index is 0.0101. The van der Waals surface area contributed by atoms with Crippen LogP contribution in [0.5, 0.6) is 5.75 Å². The lowest BCUT2D eigenvalue weighted by Crippen LogP contribution is -2.15. The van der Waals surface area contributed by atoms with Crippen LogP contribution in [0.3, 0.4) is 0 Å². The molecule has 2 N–H and O–H groups in total. The highest BCUT2D eigenvalue weighted by Crippen LogP contribution is 2.19. The number of rotatable bonds is 3. The molecule has 1 heterocycles. The lowest BCUT2D eigenvalue weighted by molar-refractivity contribution is 0.0690. The Hall–Kier alpha value is -2.30. The minimum atomic E-state index is -1.14. The fraction of sp³-hybridized carbons (Fsp3) is 0.286. The van der Waals surface area contributed by atoms with Gasteiger partial charge in [0.15, 0.2) is 5.43 Å². The molecule has 0 radical (unpaired) electrons. The van der Waals surface area contributed by atoms with Gasteiger partial charge in [0.05, 0.1) is 11.6 Å². The van der Waals surface area contributed by atoms with Crippen LogP contribution in [0.1, 0.15) is 29.9 Å². The van der Waals surface area contributed by atoms with E-state index in [0.717, 1.165) is 0 Å². The van der Waals surface area contributed by atoms with Gasteiger partial charge < -0.3 is 14.8 Å². The molecule has 0 unspecified atom stereocenters. The van der Waals surface area contributed by atoms with Crippen LogP contribution in [0.15, 0.2) is 23.0 Å². The summed E-state index contributed by atoms with van der Waals surface area (Å²) in [6.45, 7) is 5.29. The Morgan fingerprint density at radius 3 is 2.63 bits per heavy atom. The summed E-state index contributed by atoms with van der Waals surface area (Å²) in [4.78, 5) is 25.9. The molecule has 0 aliphatic heterocycles. The third-order valence-electron chi connectivity index (χ3n) is 2.80. The molecule has 0 saturated heterocycles. The van der Waals surface area contributed by atoms with Gasteiger partial charge in [0.25, 0.3) is 0 Å². The second-order valence-electron chi connectivity index (χ2n) is 4.63. The average Bonchev–Trinajstić information content (AvgIpc) is 2.33. The van der Waals surface area contributed by atoms with E-state index in [2.05, 4.69) is 4.98 Å². The number of carboxylic acids is 1. The normalized spacial score (nSPS) is 10.9. The van der Waals surface area contributed by atoms with Crippen LogP contribution in [-0.2, 0) is 0 Å². The van der Waals surface area contributed by atoms with Crippen molar-refractivity contribution in [3.63, 3.8) is 0 Å². The van der Waals surface area contributed by atoms with Crippen molar-refractivity contribution in [1.82, 2.24) is 4.98 Å². The van der Waals surface area contributed by atoms with E-state index < -0.39 is 5.97 Å². The van der Waals surface area contributed by atoms with Crippen LogP contribution in [0.25, 0.3) is 10.9 Å². The molecule has 2 aromatic rings. The zero-order valence-electron chi connectivity index (χ0n) is 11.0. The van der Waals surface area contributed by atoms with E-state index in [-0.39, 0.29) is 22.8 Å². The molecule has 1 aromatic carbocycles. The number of aromatic carboxylic acids is 1. The first-order chi connectivity index (χ1) is 8.90. The Morgan fingerprint density at radius 1 is 1.37 bits per heavy atom. The summed E-state index contributed by atoms with van der Waals surface area (Å²) in [5.74, 6) is -0.547. The predicted octanol–water partition coefficient (Wildman–Crippen LogP) is 2.32. The molecule has 100 valence electrons. The van der Waals surface area contributed by atoms with Gasteiger partial charge in [0.2, 0.25) is 0 Å². The van der Waals surface area contributed by atoms with Crippen molar-refractivity contribution in [3.05, 3.63) is 39.7 Å². The minimum Gasteiger partial charge on any atom is -0.491 e. The van der Waals surface area contributed by atoms with Gasteiger partial charge in [-0.2, -0.15) is 0 Å². The standard InChI is InChI=1S/C14H15NO4/c1-7(2)19-9-4-5-11-10(6-9)13(16)8(3)12(15-11)14(17)18/h4-7H,1-3H3,(H,15,16)(H,17,18). The van der Waals surface area contributed by atoms with Crippen molar-refractivity contribution in [2.75, 3.05) is 0 Å². The van der Waals surface area contributed by atoms with Gasteiger partial charge in [-0.3, -0.25) is 4.79 Å². The summed E-state index contributed by atoms with van der Waals surface area (Å²) in [5, 5.41) is 9.46. The number of benzene rings is 1. The van der Waals surface area contributed by atoms with Crippen molar-refractivity contribution < 1.29 is 14.6 Å². The highest BCUT2D eigenvalue weighted by Gasteiger charge is 2.14. The first kappa shape index (κ1) is 13.1. The van der Waals surface area contributed by atoms with Crippen molar-refractivity contribution >= 4 is 16.9 Å². The molecule has 0 spiro atoms. The van der Waals surface area contributed by atoms with Gasteiger partial charge in [0, 0.05) is 10.9 Å². The molecule has 0 aliphatic rings. The fourth-order valence-electron chi connectivity index (χ4n) is 1.92. The summed E-state index contributed by atoms with van der Waals surface area (Å²) in [5.41, 5.74) is 0.321. The van der Waals surface area contributed by atoms with E-state index in [1.54, 1.807) is 18.2 Å². The number of carbonyl (C=O) groups is 1. The molecule has 0 amide bonds. The van der Waals surface area contributed by atoms with Gasteiger partial charge in [0.1, 0.15) is 11.4 Å². The van der Waals surface area contributed by atoms with Gasteiger partial charge in [-0.15, -0.1) is 0 Å². The van der Waals surface area contributed by atoms with E-state index in [4.69, 9.17) is 9.84 Å². The van der Waals surface area contributed by atoms with Crippen LogP contribution < -0.4 is 10.2 Å². The number of aromatic amines is 1. The zero-order valence-corrected chi connectivity index (χ0v) is 11.0. The van der Waals surface area contributed by atoms with Gasteiger partial charge in [-0.05, 0) is 39.0 Å². The number of carboxylic acid groups (broad SMARTS) is 1. The van der Waals surface area contributed by atoms with E-state index in [1.807, 2.05) is 13.8 Å². The molecule has 0 saturated carbocycles. The molecule has 0 fully saturated rings. The first-order valence-corrected chi connectivity index (χ1v) is 5.96. The van der Waals surface area contributed by atoms with Crippen LogP contribution >= 0.6 is 0 Å². The quantitative estimate of drug-likeness (QED) is 0.888. The van der Waals surface area contributed by atoms with Gasteiger partial charge >= 0.3 is 5.97 Å². The largest absolute Gasteiger partial charge is 0.491 e. The molecule has 19 heavy (non-hydrogen) atoms. The maximum Gasteiger partial charge on any atom is 0.352 e. The molecule has 5 nitrogen and oxygen atoms in total. The molecule has 1 aromatic heterocycles. The summed E-state index contributed by atoms with van der Waals surface area (Å²) >= 11 is 0. The highest BCUT2D eigenvalue weighted by molar-refractivity contribution is 5.91. The zero-order chi connectivity index (χ0) is 14.2. The van der Waals surface area contributed by atoms with E-state index in [1.165, 1.54) is 6.92 Å². The summed E-state index contributed by atoms with van der Waals surface area (Å²) in [7, 11) is 0. The van der Waals surface area contributed by atoms with Gasteiger partial charge in [-0.25, -0.2) is 4.79 Å². The smallest absolute Gasteiger partial charge is 0.352 e. The Labute approximate surface area is 109 Å². The number of nitrogens with one attached hydrogen (secondary N) is 1.